The first-order valence-corrected chi connectivity index (χ1v) is 18.8. The van der Waals surface area contributed by atoms with Gasteiger partial charge in [-0.2, -0.15) is 10.5 Å². The molecule has 0 saturated carbocycles. The predicted octanol–water partition coefficient (Wildman–Crippen LogP) is 13.4. The van der Waals surface area contributed by atoms with E-state index in [-0.39, 0.29) is 0 Å². The number of nitriles is 2. The fourth-order valence-electron chi connectivity index (χ4n) is 8.94. The van der Waals surface area contributed by atoms with Crippen molar-refractivity contribution in [3.63, 3.8) is 0 Å². The summed E-state index contributed by atoms with van der Waals surface area (Å²) in [7, 11) is 0. The predicted molar refractivity (Wildman–Crippen MR) is 231 cm³/mol. The van der Waals surface area contributed by atoms with Crippen molar-refractivity contribution in [3.8, 4) is 34.6 Å². The van der Waals surface area contributed by atoms with Crippen molar-refractivity contribution in [1.82, 2.24) is 9.13 Å². The minimum absolute atomic E-state index is 0.484. The van der Waals surface area contributed by atoms with Crippen molar-refractivity contribution in [2.24, 2.45) is 0 Å². The average Bonchev–Trinajstić information content (AvgIpc) is 4.00. The van der Waals surface area contributed by atoms with Crippen LogP contribution in [0.25, 0.3) is 105 Å². The number of aromatic nitrogens is 2. The molecule has 4 heterocycles. The van der Waals surface area contributed by atoms with E-state index in [2.05, 4.69) is 89.4 Å². The number of fused-ring (bicyclic) bond motifs is 12. The molecule has 266 valence electrons. The second-order valence-corrected chi connectivity index (χ2v) is 14.3. The molecule has 0 bridgehead atoms. The first kappa shape index (κ1) is 32.4. The number of aryl methyl sites for hydroxylation is 1. The lowest BCUT2D eigenvalue weighted by Crippen LogP contribution is -2.05. The Kier molecular flexibility index (Phi) is 6.95. The van der Waals surface area contributed by atoms with Crippen LogP contribution in [-0.2, 0) is 0 Å². The zero-order chi connectivity index (χ0) is 38.4. The van der Waals surface area contributed by atoms with Gasteiger partial charge in [0.2, 0.25) is 0 Å². The molecule has 0 aliphatic heterocycles. The number of hydrogen-bond donors (Lipinski definition) is 0. The van der Waals surface area contributed by atoms with Gasteiger partial charge in [-0.25, -0.2) is 0 Å². The molecule has 0 unspecified atom stereocenters. The maximum atomic E-state index is 10.9. The molecule has 0 atom stereocenters. The molecule has 0 fully saturated rings. The molecule has 0 N–H and O–H groups in total. The van der Waals surface area contributed by atoms with Crippen LogP contribution in [0.15, 0.2) is 161 Å². The third-order valence-corrected chi connectivity index (χ3v) is 11.4. The Labute approximate surface area is 326 Å². The van der Waals surface area contributed by atoms with Gasteiger partial charge in [-0.1, -0.05) is 116 Å². The van der Waals surface area contributed by atoms with Crippen LogP contribution in [-0.4, -0.2) is 9.13 Å². The molecule has 6 heteroatoms. The summed E-state index contributed by atoms with van der Waals surface area (Å²) < 4.78 is 17.8. The third-order valence-electron chi connectivity index (χ3n) is 11.4. The van der Waals surface area contributed by atoms with E-state index in [4.69, 9.17) is 8.83 Å². The van der Waals surface area contributed by atoms with Crippen molar-refractivity contribution in [2.45, 2.75) is 6.92 Å². The number of hydrogen-bond acceptors (Lipinski definition) is 4. The second-order valence-electron chi connectivity index (χ2n) is 14.3. The standard InChI is InChI=1S/C51H30N4O2/c1-3-4-22-44-30(2)33-24-25-39-34-15-5-8-20-42(34)54(48(39)50(33)56-44)46-31(28-52)13-11-18-37(46)38-19-12-14-32(29-53)47(38)55-43-21-9-6-16-35(43)40-26-27-41-36-17-7-10-23-45(36)57-51(41)49(40)55/h3-27H,1H2,2H3/b22-4-. The van der Waals surface area contributed by atoms with E-state index in [9.17, 15) is 10.5 Å². The molecule has 6 nitrogen and oxygen atoms in total. The Bertz CT molecular complexity index is 3650. The fourth-order valence-corrected chi connectivity index (χ4v) is 8.94. The molecule has 0 aliphatic carbocycles. The van der Waals surface area contributed by atoms with E-state index in [1.807, 2.05) is 91.0 Å². The van der Waals surface area contributed by atoms with Gasteiger partial charge in [-0.3, -0.25) is 0 Å². The van der Waals surface area contributed by atoms with Crippen molar-refractivity contribution in [2.75, 3.05) is 0 Å². The minimum atomic E-state index is 0.484. The highest BCUT2D eigenvalue weighted by molar-refractivity contribution is 6.22. The highest BCUT2D eigenvalue weighted by atomic mass is 16.3. The van der Waals surface area contributed by atoms with E-state index in [0.717, 1.165) is 99.0 Å². The number of allylic oxidation sites excluding steroid dienone is 2. The number of rotatable bonds is 5. The zero-order valence-corrected chi connectivity index (χ0v) is 30.7. The summed E-state index contributed by atoms with van der Waals surface area (Å²) in [6.45, 7) is 5.92. The number of furan rings is 2. The highest BCUT2D eigenvalue weighted by Gasteiger charge is 2.27. The van der Waals surface area contributed by atoms with Gasteiger partial charge >= 0.3 is 0 Å². The second kappa shape index (κ2) is 12.2. The van der Waals surface area contributed by atoms with Gasteiger partial charge in [0.15, 0.2) is 11.2 Å². The summed E-state index contributed by atoms with van der Waals surface area (Å²) in [5.41, 5.74) is 10.8. The fraction of sp³-hybridized carbons (Fsp3) is 0.0196. The molecule has 0 aliphatic rings. The first-order valence-electron chi connectivity index (χ1n) is 18.8. The van der Waals surface area contributed by atoms with Crippen molar-refractivity contribution in [3.05, 3.63) is 175 Å². The highest BCUT2D eigenvalue weighted by Crippen LogP contribution is 2.46. The summed E-state index contributed by atoms with van der Waals surface area (Å²) in [6, 6.07) is 49.9. The van der Waals surface area contributed by atoms with Gasteiger partial charge in [0.05, 0.1) is 44.6 Å². The Morgan fingerprint density at radius 2 is 1.04 bits per heavy atom. The van der Waals surface area contributed by atoms with Crippen LogP contribution in [0.2, 0.25) is 0 Å². The molecular formula is C51H30N4O2. The molecule has 57 heavy (non-hydrogen) atoms. The van der Waals surface area contributed by atoms with Gasteiger partial charge < -0.3 is 18.0 Å². The summed E-state index contributed by atoms with van der Waals surface area (Å²) in [6.07, 6.45) is 5.54. The molecule has 0 amide bonds. The maximum absolute atomic E-state index is 10.9. The monoisotopic (exact) mass is 730 g/mol. The molecular weight excluding hydrogens is 701 g/mol. The largest absolute Gasteiger partial charge is 0.454 e. The molecule has 4 aromatic heterocycles. The Hall–Kier alpha value is -8.06. The van der Waals surface area contributed by atoms with Crippen molar-refractivity contribution in [1.29, 1.82) is 10.5 Å². The van der Waals surface area contributed by atoms with E-state index in [1.54, 1.807) is 6.08 Å². The molecule has 7 aromatic carbocycles. The summed E-state index contributed by atoms with van der Waals surface area (Å²) in [5, 5.41) is 29.0. The van der Waals surface area contributed by atoms with Gasteiger partial charge in [0, 0.05) is 54.4 Å². The number of nitrogens with zero attached hydrogens (tertiary/aromatic N) is 4. The van der Waals surface area contributed by atoms with Crippen molar-refractivity contribution >= 4 is 82.6 Å². The SMILES string of the molecule is C=C/C=C\c1oc2c(ccc3c4ccccc4n(-c4c(C#N)cccc4-c4cccc(C#N)c4-n4c5ccccc5c5ccc6c7ccccc7oc6c54)c32)c1C. The van der Waals surface area contributed by atoms with Crippen LogP contribution in [0.1, 0.15) is 22.5 Å². The van der Waals surface area contributed by atoms with Gasteiger partial charge in [-0.05, 0) is 49.4 Å². The number of benzene rings is 7. The Morgan fingerprint density at radius 1 is 0.526 bits per heavy atom. The first-order chi connectivity index (χ1) is 28.1. The lowest BCUT2D eigenvalue weighted by molar-refractivity contribution is 0.603. The molecule has 0 saturated heterocycles. The average molecular weight is 731 g/mol. The Balaban J connectivity index is 1.31. The quantitative estimate of drug-likeness (QED) is 0.165. The summed E-state index contributed by atoms with van der Waals surface area (Å²) in [5.74, 6) is 0.746. The minimum Gasteiger partial charge on any atom is -0.454 e. The normalized spacial score (nSPS) is 11.9. The lowest BCUT2D eigenvalue weighted by atomic mass is 9.95. The van der Waals surface area contributed by atoms with Gasteiger partial charge in [0.1, 0.15) is 23.5 Å². The van der Waals surface area contributed by atoms with E-state index >= 15 is 0 Å². The van der Waals surface area contributed by atoms with Crippen LogP contribution in [0.3, 0.4) is 0 Å². The van der Waals surface area contributed by atoms with Crippen LogP contribution in [0.4, 0.5) is 0 Å². The van der Waals surface area contributed by atoms with Crippen LogP contribution in [0, 0.1) is 29.6 Å². The van der Waals surface area contributed by atoms with Crippen molar-refractivity contribution < 1.29 is 8.83 Å². The van der Waals surface area contributed by atoms with E-state index in [0.29, 0.717) is 22.5 Å². The smallest absolute Gasteiger partial charge is 0.160 e. The van der Waals surface area contributed by atoms with Crippen LogP contribution in [0.5, 0.6) is 0 Å². The van der Waals surface area contributed by atoms with Crippen LogP contribution < -0.4 is 0 Å². The molecule has 0 spiro atoms. The van der Waals surface area contributed by atoms with Gasteiger partial charge in [0.25, 0.3) is 0 Å². The molecule has 11 aromatic rings. The Morgan fingerprint density at radius 3 is 1.61 bits per heavy atom. The number of para-hydroxylation sites is 5. The van der Waals surface area contributed by atoms with E-state index in [1.165, 1.54) is 0 Å². The van der Waals surface area contributed by atoms with E-state index < -0.39 is 0 Å². The van der Waals surface area contributed by atoms with Crippen LogP contribution >= 0.6 is 0 Å². The summed E-state index contributed by atoms with van der Waals surface area (Å²) in [4.78, 5) is 0. The maximum Gasteiger partial charge on any atom is 0.160 e. The van der Waals surface area contributed by atoms with Gasteiger partial charge in [-0.15, -0.1) is 0 Å². The third kappa shape index (κ3) is 4.44. The molecule has 11 rings (SSSR count). The summed E-state index contributed by atoms with van der Waals surface area (Å²) >= 11 is 0. The topological polar surface area (TPSA) is 83.7 Å². The molecule has 0 radical (unpaired) electrons. The lowest BCUT2D eigenvalue weighted by Gasteiger charge is -2.20. The zero-order valence-electron chi connectivity index (χ0n) is 30.7.